The Morgan fingerprint density at radius 1 is 0.898 bits per heavy atom. The molecule has 11 heteroatoms. The van der Waals surface area contributed by atoms with Gasteiger partial charge >= 0.3 is 13.2 Å². The lowest BCUT2D eigenvalue weighted by atomic mass is 9.78. The first kappa shape index (κ1) is 31.2. The smallest absolute Gasteiger partial charge is 0.464 e. The minimum absolute atomic E-state index is 0.451. The lowest BCUT2D eigenvalue weighted by molar-refractivity contribution is 0.00578. The highest BCUT2D eigenvalue weighted by atomic mass is 16.7. The minimum atomic E-state index is -0.619. The predicted molar refractivity (Wildman–Crippen MR) is 189 cm³/mol. The molecule has 1 saturated heterocycles. The molecule has 6 aromatic rings. The van der Waals surface area contributed by atoms with Gasteiger partial charge in [0.2, 0.25) is 6.23 Å². The van der Waals surface area contributed by atoms with Crippen molar-refractivity contribution in [3.8, 4) is 39.8 Å². The summed E-state index contributed by atoms with van der Waals surface area (Å²) in [5.41, 5.74) is 6.12. The average Bonchev–Trinajstić information content (AvgIpc) is 3.83. The fourth-order valence-corrected chi connectivity index (χ4v) is 6.22. The summed E-state index contributed by atoms with van der Waals surface area (Å²) in [6.45, 7) is 13.7. The van der Waals surface area contributed by atoms with Gasteiger partial charge in [0.1, 0.15) is 11.4 Å². The van der Waals surface area contributed by atoms with E-state index in [-0.39, 0.29) is 0 Å². The van der Waals surface area contributed by atoms with Crippen molar-refractivity contribution in [1.29, 1.82) is 0 Å². The molecule has 0 radical (unpaired) electrons. The van der Waals surface area contributed by atoms with E-state index >= 15 is 0 Å². The second kappa shape index (κ2) is 10.9. The quantitative estimate of drug-likeness (QED) is 0.195. The Labute approximate surface area is 285 Å². The minimum Gasteiger partial charge on any atom is -0.464 e. The van der Waals surface area contributed by atoms with Gasteiger partial charge in [-0.2, -0.15) is 5.10 Å². The fraction of sp³-hybridized carbons (Fsp3) is 0.289. The summed E-state index contributed by atoms with van der Waals surface area (Å²) in [6, 6.07) is 27.9. The Bertz CT molecular complexity index is 2210. The van der Waals surface area contributed by atoms with Crippen LogP contribution in [0.15, 0.2) is 91.1 Å². The number of nitrogens with one attached hydrogen (secondary N) is 1. The third kappa shape index (κ3) is 5.43. The molecule has 5 heterocycles. The van der Waals surface area contributed by atoms with Gasteiger partial charge in [0.15, 0.2) is 5.82 Å². The van der Waals surface area contributed by atoms with Crippen molar-refractivity contribution in [2.75, 3.05) is 0 Å². The lowest BCUT2D eigenvalue weighted by Crippen LogP contribution is -2.41. The first-order valence-corrected chi connectivity index (χ1v) is 16.5. The summed E-state index contributed by atoms with van der Waals surface area (Å²) in [5.74, 6) is 1.30. The number of fused-ring (bicyclic) bond motifs is 4. The maximum absolute atomic E-state index is 12.9. The van der Waals surface area contributed by atoms with E-state index in [9.17, 15) is 4.79 Å². The number of H-pyrrole nitrogens is 1. The van der Waals surface area contributed by atoms with Gasteiger partial charge in [0, 0.05) is 22.9 Å². The number of carbonyl (C=O) groups excluding carboxylic acids is 1. The fourth-order valence-electron chi connectivity index (χ4n) is 6.22. The molecule has 0 saturated carbocycles. The van der Waals surface area contributed by atoms with Crippen LogP contribution in [0, 0.1) is 0 Å². The van der Waals surface area contributed by atoms with E-state index in [1.165, 1.54) is 4.57 Å². The molecule has 0 spiro atoms. The zero-order valence-corrected chi connectivity index (χ0v) is 28.6. The second-order valence-corrected chi connectivity index (χ2v) is 14.6. The van der Waals surface area contributed by atoms with Crippen molar-refractivity contribution in [3.63, 3.8) is 0 Å². The van der Waals surface area contributed by atoms with Gasteiger partial charge in [-0.15, -0.1) is 0 Å². The monoisotopic (exact) mass is 655 g/mol. The molecule has 10 nitrogen and oxygen atoms in total. The maximum Gasteiger partial charge on any atom is 0.494 e. The summed E-state index contributed by atoms with van der Waals surface area (Å²) < 4.78 is 28.4. The molecular weight excluding hydrogens is 617 g/mol. The summed E-state index contributed by atoms with van der Waals surface area (Å²) in [5, 5.41) is 5.09. The zero-order valence-electron chi connectivity index (χ0n) is 28.6. The molecule has 8 rings (SSSR count). The number of hydrogen-bond donors (Lipinski definition) is 1. The van der Waals surface area contributed by atoms with E-state index in [0.717, 1.165) is 50.3 Å². The van der Waals surface area contributed by atoms with E-state index in [2.05, 4.69) is 44.8 Å². The maximum atomic E-state index is 12.9. The predicted octanol–water partition coefficient (Wildman–Crippen LogP) is 7.58. The number of rotatable bonds is 4. The largest absolute Gasteiger partial charge is 0.494 e. The second-order valence-electron chi connectivity index (χ2n) is 14.6. The molecule has 3 aromatic heterocycles. The van der Waals surface area contributed by atoms with Gasteiger partial charge in [-0.3, -0.25) is 0 Å². The molecule has 0 amide bonds. The number of nitrogens with zero attached hydrogens (tertiary/aromatic N) is 4. The van der Waals surface area contributed by atoms with Crippen molar-refractivity contribution in [2.24, 2.45) is 0 Å². The van der Waals surface area contributed by atoms with Crippen molar-refractivity contribution in [3.05, 3.63) is 96.7 Å². The Balaban J connectivity index is 1.16. The van der Waals surface area contributed by atoms with E-state index in [0.29, 0.717) is 11.5 Å². The number of carbonyl (C=O) groups is 1. The summed E-state index contributed by atoms with van der Waals surface area (Å²) in [7, 11) is -0.505. The number of hydrogen-bond acceptors (Lipinski definition) is 7. The Morgan fingerprint density at radius 3 is 2.39 bits per heavy atom. The molecule has 2 aliphatic rings. The molecule has 1 N–H and O–H groups in total. The van der Waals surface area contributed by atoms with Crippen LogP contribution in [-0.4, -0.2) is 54.3 Å². The highest BCUT2D eigenvalue weighted by Crippen LogP contribution is 2.43. The Kier molecular flexibility index (Phi) is 6.96. The van der Waals surface area contributed by atoms with Crippen molar-refractivity contribution in [1.82, 2.24) is 24.3 Å². The third-order valence-corrected chi connectivity index (χ3v) is 9.45. The highest BCUT2D eigenvalue weighted by molar-refractivity contribution is 6.62. The van der Waals surface area contributed by atoms with Gasteiger partial charge in [-0.25, -0.2) is 19.0 Å². The molecule has 1 atom stereocenters. The normalized spacial score (nSPS) is 17.9. The Hall–Kier alpha value is -5.13. The molecular formula is C38H38BN5O5. The number of imidazole rings is 1. The van der Waals surface area contributed by atoms with E-state index in [1.54, 1.807) is 12.3 Å². The first-order chi connectivity index (χ1) is 23.3. The van der Waals surface area contributed by atoms with Crippen molar-refractivity contribution >= 4 is 29.7 Å². The van der Waals surface area contributed by atoms with E-state index in [1.807, 2.05) is 92.2 Å². The highest BCUT2D eigenvalue weighted by Gasteiger charge is 2.52. The summed E-state index contributed by atoms with van der Waals surface area (Å²) >= 11 is 0. The summed E-state index contributed by atoms with van der Waals surface area (Å²) in [6.07, 6.45) is 0.740. The molecule has 0 unspecified atom stereocenters. The third-order valence-electron chi connectivity index (χ3n) is 9.45. The number of ether oxygens (including phenoxy) is 2. The van der Waals surface area contributed by atoms with Crippen LogP contribution < -0.4 is 10.2 Å². The first-order valence-electron chi connectivity index (χ1n) is 16.5. The van der Waals surface area contributed by atoms with Gasteiger partial charge in [-0.1, -0.05) is 42.5 Å². The van der Waals surface area contributed by atoms with Gasteiger partial charge in [0.05, 0.1) is 39.3 Å². The Morgan fingerprint density at radius 2 is 1.65 bits per heavy atom. The number of aromatic nitrogens is 5. The van der Waals surface area contributed by atoms with Crippen molar-refractivity contribution in [2.45, 2.75) is 71.5 Å². The van der Waals surface area contributed by atoms with Crippen molar-refractivity contribution < 1.29 is 23.6 Å². The van der Waals surface area contributed by atoms with Crippen LogP contribution in [0.25, 0.3) is 45.1 Å². The van der Waals surface area contributed by atoms with Crippen LogP contribution in [-0.2, 0) is 14.0 Å². The molecule has 1 fully saturated rings. The van der Waals surface area contributed by atoms with Crippen LogP contribution >= 0.6 is 0 Å². The summed E-state index contributed by atoms with van der Waals surface area (Å²) in [4.78, 5) is 21.1. The molecule has 0 bridgehead atoms. The van der Waals surface area contributed by atoms with Crippen LogP contribution in [0.1, 0.15) is 60.3 Å². The van der Waals surface area contributed by atoms with Crippen LogP contribution in [0.2, 0.25) is 0 Å². The van der Waals surface area contributed by atoms with Crippen LogP contribution in [0.3, 0.4) is 0 Å². The number of aromatic amines is 1. The molecule has 49 heavy (non-hydrogen) atoms. The average molecular weight is 656 g/mol. The zero-order chi connectivity index (χ0) is 34.3. The molecule has 3 aromatic carbocycles. The molecule has 2 aliphatic heterocycles. The van der Waals surface area contributed by atoms with E-state index < -0.39 is 36.2 Å². The SMILES string of the molecule is CC(C)(C)OC(=O)n1cccc1-c1nc2ccc(-c3cc4n(n3)[C@H](c3ccccc3)Oc3cc(B5OC(C)(C)C(C)(C)O5)ccc3-4)cc2[nH]1. The topological polar surface area (TPSA) is 105 Å². The van der Waals surface area contributed by atoms with Crippen LogP contribution in [0.4, 0.5) is 4.79 Å². The number of benzene rings is 3. The standard InChI is InChI=1S/C38H38BN5O5/c1-36(2,3)47-35(45)43-19-11-14-30(43)33-40-27-18-15-24(20-29(27)41-33)28-22-31-26-17-16-25(39-48-37(4,5)38(6,7)49-39)21-32(26)46-34(44(31)42-28)23-12-9-8-10-13-23/h8-22,34H,1-7H3,(H,40,41)/t34-/m0/s1. The molecule has 0 aliphatic carbocycles. The van der Waals surface area contributed by atoms with Crippen LogP contribution in [0.5, 0.6) is 5.75 Å². The lowest BCUT2D eigenvalue weighted by Gasteiger charge is -2.32. The van der Waals surface area contributed by atoms with Gasteiger partial charge < -0.3 is 23.8 Å². The van der Waals surface area contributed by atoms with Gasteiger partial charge in [0.25, 0.3) is 0 Å². The van der Waals surface area contributed by atoms with E-state index in [4.69, 9.17) is 28.9 Å². The van der Waals surface area contributed by atoms with Gasteiger partial charge in [-0.05, 0) is 96.4 Å². The molecule has 248 valence electrons.